The van der Waals surface area contributed by atoms with Gasteiger partial charge < -0.3 is 15.8 Å². The molecular formula is C17H17Cl2N3OS. The van der Waals surface area contributed by atoms with Gasteiger partial charge in [-0.25, -0.2) is 4.98 Å². The van der Waals surface area contributed by atoms with E-state index in [2.05, 4.69) is 9.97 Å². The fourth-order valence-corrected chi connectivity index (χ4v) is 3.67. The third-order valence-corrected chi connectivity index (χ3v) is 5.15. The molecule has 0 unspecified atom stereocenters. The molecule has 126 valence electrons. The summed E-state index contributed by atoms with van der Waals surface area (Å²) in [6.07, 6.45) is 5.49. The molecule has 0 fully saturated rings. The van der Waals surface area contributed by atoms with Crippen LogP contribution in [-0.4, -0.2) is 15.1 Å². The first-order valence-electron chi connectivity index (χ1n) is 7.11. The Morgan fingerprint density at radius 3 is 2.71 bits per heavy atom. The van der Waals surface area contributed by atoms with E-state index in [0.29, 0.717) is 11.6 Å². The monoisotopic (exact) mass is 381 g/mol. The van der Waals surface area contributed by atoms with Gasteiger partial charge in [-0.3, -0.25) is 0 Å². The number of hydrogen-bond donors (Lipinski definition) is 3. The molecule has 0 aliphatic rings. The van der Waals surface area contributed by atoms with E-state index in [9.17, 15) is 5.11 Å². The van der Waals surface area contributed by atoms with Gasteiger partial charge in [-0.1, -0.05) is 29.4 Å². The van der Waals surface area contributed by atoms with Crippen molar-refractivity contribution in [1.29, 1.82) is 0 Å². The lowest BCUT2D eigenvalue weighted by atomic mass is 10.1. The summed E-state index contributed by atoms with van der Waals surface area (Å²) in [5, 5.41) is 10.8. The van der Waals surface area contributed by atoms with Gasteiger partial charge in [0.25, 0.3) is 0 Å². The number of pyridine rings is 1. The average Bonchev–Trinajstić information content (AvgIpc) is 3.11. The molecule has 1 aromatic carbocycles. The number of aromatic nitrogens is 2. The highest BCUT2D eigenvalue weighted by atomic mass is 35.5. The maximum Gasteiger partial charge on any atom is 0.106 e. The predicted molar refractivity (Wildman–Crippen MR) is 101 cm³/mol. The van der Waals surface area contributed by atoms with E-state index in [0.717, 1.165) is 32.2 Å². The number of benzene rings is 1. The number of nitrogens with zero attached hydrogens (tertiary/aromatic N) is 1. The summed E-state index contributed by atoms with van der Waals surface area (Å²) in [7, 11) is 0. The maximum atomic E-state index is 9.45. The molecule has 0 saturated heterocycles. The van der Waals surface area contributed by atoms with Crippen LogP contribution in [0.1, 0.15) is 11.1 Å². The largest absolute Gasteiger partial charge is 0.392 e. The van der Waals surface area contributed by atoms with Crippen LogP contribution in [-0.2, 0) is 13.2 Å². The molecule has 0 amide bonds. The molecule has 0 saturated carbocycles. The van der Waals surface area contributed by atoms with Gasteiger partial charge in [-0.15, -0.1) is 12.4 Å². The number of aromatic amines is 1. The zero-order valence-electron chi connectivity index (χ0n) is 12.7. The van der Waals surface area contributed by atoms with Gasteiger partial charge in [0.15, 0.2) is 0 Å². The van der Waals surface area contributed by atoms with E-state index >= 15 is 0 Å². The van der Waals surface area contributed by atoms with Crippen LogP contribution in [0.5, 0.6) is 0 Å². The second-order valence-corrected chi connectivity index (χ2v) is 6.38. The fraction of sp³-hybridized carbons (Fsp3) is 0.118. The molecule has 0 atom stereocenters. The van der Waals surface area contributed by atoms with Crippen molar-refractivity contribution in [3.63, 3.8) is 0 Å². The molecule has 0 bridgehead atoms. The van der Waals surface area contributed by atoms with Gasteiger partial charge in [0.05, 0.1) is 11.6 Å². The molecule has 3 aromatic rings. The average molecular weight is 382 g/mol. The number of nitrogens with two attached hydrogens (primary N) is 1. The third-order valence-electron chi connectivity index (χ3n) is 3.49. The molecule has 2 aromatic heterocycles. The Kier molecular flexibility index (Phi) is 6.71. The lowest BCUT2D eigenvalue weighted by Gasteiger charge is -2.13. The smallest absolute Gasteiger partial charge is 0.106 e. The summed E-state index contributed by atoms with van der Waals surface area (Å²) < 4.78 is 0. The molecule has 4 nitrogen and oxygen atoms in total. The Morgan fingerprint density at radius 2 is 2.04 bits per heavy atom. The highest BCUT2D eigenvalue weighted by molar-refractivity contribution is 7.99. The van der Waals surface area contributed by atoms with Crippen LogP contribution in [0.4, 0.5) is 0 Å². The van der Waals surface area contributed by atoms with Gasteiger partial charge in [0.1, 0.15) is 5.03 Å². The van der Waals surface area contributed by atoms with E-state index in [1.165, 1.54) is 11.8 Å². The SMILES string of the molecule is Cl.NCc1cc(-c2cc[nH]c2)cc(Cl)c1Sc1ncccc1CO. The molecule has 24 heavy (non-hydrogen) atoms. The Hall–Kier alpha value is -1.50. The summed E-state index contributed by atoms with van der Waals surface area (Å²) in [5.41, 5.74) is 9.72. The standard InChI is InChI=1S/C17H16ClN3OS.ClH/c18-15-7-13(11-3-5-20-9-11)6-14(8-19)16(15)23-17-12(10-22)2-1-4-21-17;/h1-7,9,20,22H,8,10,19H2;1H. The van der Waals surface area contributed by atoms with E-state index in [4.69, 9.17) is 17.3 Å². The third kappa shape index (κ3) is 3.94. The van der Waals surface area contributed by atoms with Gasteiger partial charge >= 0.3 is 0 Å². The molecule has 0 aliphatic heterocycles. The molecule has 0 spiro atoms. The van der Waals surface area contributed by atoms with E-state index in [-0.39, 0.29) is 19.0 Å². The summed E-state index contributed by atoms with van der Waals surface area (Å²) in [6, 6.07) is 9.60. The quantitative estimate of drug-likeness (QED) is 0.617. The minimum atomic E-state index is -0.0623. The maximum absolute atomic E-state index is 9.45. The van der Waals surface area contributed by atoms with Crippen LogP contribution in [0.2, 0.25) is 5.02 Å². The van der Waals surface area contributed by atoms with Crippen LogP contribution in [0.15, 0.2) is 58.8 Å². The Bertz CT molecular complexity index is 810. The number of aliphatic hydroxyl groups excluding tert-OH is 1. The first-order chi connectivity index (χ1) is 11.2. The Labute approximate surface area is 155 Å². The summed E-state index contributed by atoms with van der Waals surface area (Å²) in [5.74, 6) is 0. The molecule has 2 heterocycles. The lowest BCUT2D eigenvalue weighted by Crippen LogP contribution is -2.00. The highest BCUT2D eigenvalue weighted by Gasteiger charge is 2.14. The van der Waals surface area contributed by atoms with Crippen molar-refractivity contribution in [3.05, 3.63) is 65.1 Å². The number of halogens is 2. The number of rotatable bonds is 5. The van der Waals surface area contributed by atoms with Crippen molar-refractivity contribution < 1.29 is 5.11 Å². The van der Waals surface area contributed by atoms with Crippen LogP contribution in [0, 0.1) is 0 Å². The normalized spacial score (nSPS) is 10.5. The fourth-order valence-electron chi connectivity index (χ4n) is 2.32. The van der Waals surface area contributed by atoms with Gasteiger partial charge in [0, 0.05) is 35.6 Å². The first kappa shape index (κ1) is 18.8. The van der Waals surface area contributed by atoms with Crippen LogP contribution < -0.4 is 5.73 Å². The van der Waals surface area contributed by atoms with Gasteiger partial charge in [0.2, 0.25) is 0 Å². The van der Waals surface area contributed by atoms with Crippen LogP contribution in [0.25, 0.3) is 11.1 Å². The summed E-state index contributed by atoms with van der Waals surface area (Å²) in [4.78, 5) is 8.25. The van der Waals surface area contributed by atoms with Crippen molar-refractivity contribution in [2.24, 2.45) is 5.73 Å². The number of hydrogen-bond acceptors (Lipinski definition) is 4. The molecule has 0 aliphatic carbocycles. The molecule has 0 radical (unpaired) electrons. The van der Waals surface area contributed by atoms with Crippen LogP contribution in [0.3, 0.4) is 0 Å². The van der Waals surface area contributed by atoms with Gasteiger partial charge in [-0.2, -0.15) is 0 Å². The van der Waals surface area contributed by atoms with Crippen molar-refractivity contribution in [2.75, 3.05) is 0 Å². The molecular weight excluding hydrogens is 365 g/mol. The zero-order chi connectivity index (χ0) is 16.2. The highest BCUT2D eigenvalue weighted by Crippen LogP contribution is 2.39. The van der Waals surface area contributed by atoms with Gasteiger partial charge in [-0.05, 0) is 41.0 Å². The van der Waals surface area contributed by atoms with Crippen molar-refractivity contribution in [2.45, 2.75) is 23.1 Å². The zero-order valence-corrected chi connectivity index (χ0v) is 15.1. The number of aliphatic hydroxyl groups is 1. The minimum absolute atomic E-state index is 0. The summed E-state index contributed by atoms with van der Waals surface area (Å²) in [6.45, 7) is 0.314. The second-order valence-electron chi connectivity index (χ2n) is 4.98. The topological polar surface area (TPSA) is 74.9 Å². The number of H-pyrrole nitrogens is 1. The molecule has 4 N–H and O–H groups in total. The summed E-state index contributed by atoms with van der Waals surface area (Å²) >= 11 is 7.93. The lowest BCUT2D eigenvalue weighted by molar-refractivity contribution is 0.278. The Morgan fingerprint density at radius 1 is 1.21 bits per heavy atom. The van der Waals surface area contributed by atoms with E-state index in [1.54, 1.807) is 12.3 Å². The van der Waals surface area contributed by atoms with Crippen molar-refractivity contribution in [3.8, 4) is 11.1 Å². The van der Waals surface area contributed by atoms with E-state index < -0.39 is 0 Å². The molecule has 7 heteroatoms. The van der Waals surface area contributed by atoms with Crippen molar-refractivity contribution >= 4 is 35.8 Å². The Balaban J connectivity index is 0.00000208. The number of nitrogens with one attached hydrogen (secondary N) is 1. The first-order valence-corrected chi connectivity index (χ1v) is 8.30. The minimum Gasteiger partial charge on any atom is -0.392 e. The predicted octanol–water partition coefficient (Wildman–Crippen LogP) is 4.25. The molecule has 3 rings (SSSR count). The van der Waals surface area contributed by atoms with Crippen LogP contribution >= 0.6 is 35.8 Å². The van der Waals surface area contributed by atoms with E-state index in [1.807, 2.05) is 36.7 Å². The second kappa shape index (κ2) is 8.55. The van der Waals surface area contributed by atoms with Crippen molar-refractivity contribution in [1.82, 2.24) is 9.97 Å².